The van der Waals surface area contributed by atoms with Gasteiger partial charge < -0.3 is 10.4 Å². The Hall–Kier alpha value is -2.18. The minimum Gasteiger partial charge on any atom is -0.481 e. The van der Waals surface area contributed by atoms with Crippen LogP contribution in [0.25, 0.3) is 0 Å². The maximum atomic E-state index is 13.3. The van der Waals surface area contributed by atoms with E-state index in [4.69, 9.17) is 5.11 Å². The van der Waals surface area contributed by atoms with Gasteiger partial charge in [-0.3, -0.25) is 14.9 Å². The van der Waals surface area contributed by atoms with E-state index in [0.717, 1.165) is 6.07 Å². The van der Waals surface area contributed by atoms with Crippen LogP contribution in [0.15, 0.2) is 12.1 Å². The zero-order chi connectivity index (χ0) is 15.3. The number of rotatable bonds is 7. The third-order valence-electron chi connectivity index (χ3n) is 2.97. The van der Waals surface area contributed by atoms with Crippen LogP contribution in [-0.4, -0.2) is 22.5 Å². The van der Waals surface area contributed by atoms with Crippen molar-refractivity contribution < 1.29 is 19.2 Å². The second kappa shape index (κ2) is 6.83. The van der Waals surface area contributed by atoms with Crippen molar-refractivity contribution in [1.82, 2.24) is 0 Å². The molecule has 20 heavy (non-hydrogen) atoms. The molecule has 0 aromatic heterocycles. The molecule has 110 valence electrons. The first-order chi connectivity index (χ1) is 9.31. The van der Waals surface area contributed by atoms with Crippen molar-refractivity contribution in [3.8, 4) is 0 Å². The largest absolute Gasteiger partial charge is 0.481 e. The average Bonchev–Trinajstić information content (AvgIpc) is 2.36. The molecular weight excluding hydrogens is 267 g/mol. The van der Waals surface area contributed by atoms with Crippen molar-refractivity contribution in [2.75, 3.05) is 11.9 Å². The number of carbonyl (C=O) groups is 1. The quantitative estimate of drug-likeness (QED) is 0.593. The molecule has 0 radical (unpaired) electrons. The highest BCUT2D eigenvalue weighted by Crippen LogP contribution is 2.27. The summed E-state index contributed by atoms with van der Waals surface area (Å²) in [6.07, 6.45) is 0.518. The minimum atomic E-state index is -0.875. The second-order valence-electron chi connectivity index (χ2n) is 4.79. The topological polar surface area (TPSA) is 92.5 Å². The van der Waals surface area contributed by atoms with Gasteiger partial charge >= 0.3 is 5.97 Å². The van der Waals surface area contributed by atoms with Gasteiger partial charge in [-0.25, -0.2) is 4.39 Å². The summed E-state index contributed by atoms with van der Waals surface area (Å²) in [5, 5.41) is 22.3. The molecule has 0 aliphatic carbocycles. The monoisotopic (exact) mass is 284 g/mol. The SMILES string of the molecule is Cc1cc(NCC(C)CCC(=O)O)c([N+](=O)[O-])cc1F. The van der Waals surface area contributed by atoms with Crippen molar-refractivity contribution in [2.45, 2.75) is 26.7 Å². The lowest BCUT2D eigenvalue weighted by Gasteiger charge is -2.13. The molecule has 0 bridgehead atoms. The van der Waals surface area contributed by atoms with Crippen LogP contribution in [0.2, 0.25) is 0 Å². The predicted molar refractivity (Wildman–Crippen MR) is 72.3 cm³/mol. The van der Waals surface area contributed by atoms with E-state index in [-0.39, 0.29) is 23.7 Å². The molecule has 7 heteroatoms. The summed E-state index contributed by atoms with van der Waals surface area (Å²) in [7, 11) is 0. The maximum absolute atomic E-state index is 13.3. The van der Waals surface area contributed by atoms with Gasteiger partial charge in [0.15, 0.2) is 0 Å². The Morgan fingerprint density at radius 1 is 1.55 bits per heavy atom. The molecule has 2 N–H and O–H groups in total. The van der Waals surface area contributed by atoms with Crippen LogP contribution >= 0.6 is 0 Å². The summed E-state index contributed by atoms with van der Waals surface area (Å²) in [6, 6.07) is 2.27. The van der Waals surface area contributed by atoms with E-state index in [2.05, 4.69) is 5.32 Å². The van der Waals surface area contributed by atoms with E-state index in [1.807, 2.05) is 6.92 Å². The summed E-state index contributed by atoms with van der Waals surface area (Å²) in [5.74, 6) is -1.46. The second-order valence-corrected chi connectivity index (χ2v) is 4.79. The molecule has 0 heterocycles. The predicted octanol–water partition coefficient (Wildman–Crippen LogP) is 2.96. The van der Waals surface area contributed by atoms with Gasteiger partial charge in [-0.05, 0) is 30.9 Å². The van der Waals surface area contributed by atoms with Crippen LogP contribution in [0, 0.1) is 28.8 Å². The van der Waals surface area contributed by atoms with Crippen LogP contribution in [0.3, 0.4) is 0 Å². The molecule has 1 rings (SSSR count). The van der Waals surface area contributed by atoms with Gasteiger partial charge in [0.25, 0.3) is 5.69 Å². The first-order valence-electron chi connectivity index (χ1n) is 6.21. The number of hydrogen-bond acceptors (Lipinski definition) is 4. The van der Waals surface area contributed by atoms with E-state index in [1.165, 1.54) is 13.0 Å². The molecule has 0 aliphatic heterocycles. The van der Waals surface area contributed by atoms with Crippen LogP contribution in [-0.2, 0) is 4.79 Å². The highest BCUT2D eigenvalue weighted by atomic mass is 19.1. The van der Waals surface area contributed by atoms with Crippen LogP contribution in [0.4, 0.5) is 15.8 Å². The number of anilines is 1. The number of nitrogens with one attached hydrogen (secondary N) is 1. The van der Waals surface area contributed by atoms with Crippen molar-refractivity contribution >= 4 is 17.3 Å². The molecule has 1 aromatic carbocycles. The molecule has 6 nitrogen and oxygen atoms in total. The maximum Gasteiger partial charge on any atom is 0.303 e. The van der Waals surface area contributed by atoms with Gasteiger partial charge in [-0.15, -0.1) is 0 Å². The molecule has 0 fully saturated rings. The lowest BCUT2D eigenvalue weighted by molar-refractivity contribution is -0.384. The molecule has 0 aliphatic rings. The summed E-state index contributed by atoms with van der Waals surface area (Å²) in [5.41, 5.74) is 0.242. The molecule has 0 saturated carbocycles. The van der Waals surface area contributed by atoms with Gasteiger partial charge in [0.05, 0.1) is 11.0 Å². The number of benzene rings is 1. The van der Waals surface area contributed by atoms with Gasteiger partial charge in [-0.1, -0.05) is 6.92 Å². The van der Waals surface area contributed by atoms with Gasteiger partial charge in [-0.2, -0.15) is 0 Å². The summed E-state index contributed by atoms with van der Waals surface area (Å²) in [4.78, 5) is 20.7. The number of nitro groups is 1. The summed E-state index contributed by atoms with van der Waals surface area (Å²) in [6.45, 7) is 3.76. The zero-order valence-corrected chi connectivity index (χ0v) is 11.4. The number of carboxylic acids is 1. The Morgan fingerprint density at radius 3 is 2.75 bits per heavy atom. The molecule has 1 unspecified atom stereocenters. The molecule has 1 aromatic rings. The van der Waals surface area contributed by atoms with Crippen molar-refractivity contribution in [3.63, 3.8) is 0 Å². The number of nitro benzene ring substituents is 1. The van der Waals surface area contributed by atoms with Gasteiger partial charge in [0.1, 0.15) is 11.5 Å². The van der Waals surface area contributed by atoms with Crippen LogP contribution in [0.1, 0.15) is 25.3 Å². The smallest absolute Gasteiger partial charge is 0.303 e. The van der Waals surface area contributed by atoms with E-state index in [0.29, 0.717) is 18.5 Å². The Labute approximate surface area is 115 Å². The minimum absolute atomic E-state index is 0.0380. The highest BCUT2D eigenvalue weighted by Gasteiger charge is 2.17. The van der Waals surface area contributed by atoms with Gasteiger partial charge in [0, 0.05) is 13.0 Å². The fraction of sp³-hybridized carbons (Fsp3) is 0.462. The van der Waals surface area contributed by atoms with Crippen molar-refractivity contribution in [1.29, 1.82) is 0 Å². The van der Waals surface area contributed by atoms with Crippen LogP contribution < -0.4 is 5.32 Å². The number of aliphatic carboxylic acids is 1. The highest BCUT2D eigenvalue weighted by molar-refractivity contribution is 5.66. The first-order valence-corrected chi connectivity index (χ1v) is 6.21. The molecule has 1 atom stereocenters. The Balaban J connectivity index is 2.74. The fourth-order valence-electron chi connectivity index (χ4n) is 1.72. The van der Waals surface area contributed by atoms with Crippen LogP contribution in [0.5, 0.6) is 0 Å². The number of carboxylic acid groups (broad SMARTS) is 1. The summed E-state index contributed by atoms with van der Waals surface area (Å²) >= 11 is 0. The van der Waals surface area contributed by atoms with E-state index in [1.54, 1.807) is 0 Å². The molecule has 0 amide bonds. The Morgan fingerprint density at radius 2 is 2.20 bits per heavy atom. The van der Waals surface area contributed by atoms with E-state index in [9.17, 15) is 19.3 Å². The molecule has 0 spiro atoms. The van der Waals surface area contributed by atoms with Crippen molar-refractivity contribution in [3.05, 3.63) is 33.6 Å². The lowest BCUT2D eigenvalue weighted by atomic mass is 10.1. The Kier molecular flexibility index (Phi) is 5.42. The first kappa shape index (κ1) is 15.9. The number of hydrogen-bond donors (Lipinski definition) is 2. The number of nitrogens with zero attached hydrogens (tertiary/aromatic N) is 1. The molecular formula is C13H17FN2O4. The average molecular weight is 284 g/mol. The fourth-order valence-corrected chi connectivity index (χ4v) is 1.72. The van der Waals surface area contributed by atoms with Crippen molar-refractivity contribution in [2.24, 2.45) is 5.92 Å². The number of halogens is 1. The van der Waals surface area contributed by atoms with E-state index < -0.39 is 16.7 Å². The summed E-state index contributed by atoms with van der Waals surface area (Å²) < 4.78 is 13.3. The molecule has 0 saturated heterocycles. The van der Waals surface area contributed by atoms with Gasteiger partial charge in [0.2, 0.25) is 0 Å². The van der Waals surface area contributed by atoms with E-state index >= 15 is 0 Å². The number of aryl methyl sites for hydroxylation is 1. The Bertz CT molecular complexity index is 519. The third-order valence-corrected chi connectivity index (χ3v) is 2.97. The normalized spacial score (nSPS) is 11.9. The standard InChI is InChI=1S/C13H17FN2O4/c1-8(3-4-13(17)18)7-15-11-5-9(2)10(14)6-12(11)16(19)20/h5-6,8,15H,3-4,7H2,1-2H3,(H,17,18). The zero-order valence-electron chi connectivity index (χ0n) is 11.4. The lowest BCUT2D eigenvalue weighted by Crippen LogP contribution is -2.14. The third kappa shape index (κ3) is 4.49.